The standard InChI is InChI=1S/C34H20F6N2O2/c1-17-25(15-41)27(19-7-11-21(12-8-19)33(35,36)37)29-23-5-3-4-6-24(23)30-28(20-9-13-22(14-10-20)34(38,39)40)26(16-42)18(2)44-32(30)31(29)43-17/h3-14,27-28H,1-2H3. The number of rotatable bonds is 2. The van der Waals surface area contributed by atoms with Crippen LogP contribution in [0.3, 0.4) is 0 Å². The number of ether oxygens (including phenoxy) is 2. The Hall–Kier alpha value is -5.22. The van der Waals surface area contributed by atoms with Gasteiger partial charge in [-0.1, -0.05) is 48.5 Å². The van der Waals surface area contributed by atoms with Crippen LogP contribution in [0.4, 0.5) is 26.3 Å². The summed E-state index contributed by atoms with van der Waals surface area (Å²) in [7, 11) is 0. The topological polar surface area (TPSA) is 66.0 Å². The Bertz CT molecular complexity index is 1830. The van der Waals surface area contributed by atoms with E-state index in [0.29, 0.717) is 33.0 Å². The number of nitrogens with zero attached hydrogens (tertiary/aromatic N) is 2. The monoisotopic (exact) mass is 602 g/mol. The first-order valence-corrected chi connectivity index (χ1v) is 13.3. The predicted octanol–water partition coefficient (Wildman–Crippen LogP) is 9.52. The van der Waals surface area contributed by atoms with E-state index in [1.807, 2.05) is 0 Å². The fourth-order valence-electron chi connectivity index (χ4n) is 6.01. The average molecular weight is 603 g/mol. The Morgan fingerprint density at radius 3 is 1.20 bits per heavy atom. The highest BCUT2D eigenvalue weighted by atomic mass is 19.4. The molecule has 220 valence electrons. The summed E-state index contributed by atoms with van der Waals surface area (Å²) in [5, 5.41) is 21.5. The van der Waals surface area contributed by atoms with Crippen LogP contribution in [-0.4, -0.2) is 0 Å². The molecule has 0 bridgehead atoms. The zero-order valence-corrected chi connectivity index (χ0v) is 23.1. The molecule has 0 fully saturated rings. The van der Waals surface area contributed by atoms with Crippen LogP contribution in [0, 0.1) is 22.7 Å². The first-order valence-electron chi connectivity index (χ1n) is 13.3. The second-order valence-corrected chi connectivity index (χ2v) is 10.5. The van der Waals surface area contributed by atoms with Crippen molar-refractivity contribution in [3.8, 4) is 23.6 Å². The van der Waals surface area contributed by atoms with E-state index in [-0.39, 0.29) is 34.2 Å². The summed E-state index contributed by atoms with van der Waals surface area (Å²) in [6.07, 6.45) is -9.10. The molecule has 2 unspecified atom stereocenters. The van der Waals surface area contributed by atoms with Gasteiger partial charge < -0.3 is 9.47 Å². The van der Waals surface area contributed by atoms with Gasteiger partial charge in [0.2, 0.25) is 0 Å². The van der Waals surface area contributed by atoms with Crippen LogP contribution in [-0.2, 0) is 12.4 Å². The van der Waals surface area contributed by atoms with Crippen LogP contribution in [0.1, 0.15) is 59.1 Å². The van der Waals surface area contributed by atoms with Gasteiger partial charge in [-0.05, 0) is 60.0 Å². The number of hydrogen-bond acceptors (Lipinski definition) is 4. The number of halogens is 6. The average Bonchev–Trinajstić information content (AvgIpc) is 2.99. The molecule has 4 aromatic carbocycles. The van der Waals surface area contributed by atoms with Crippen molar-refractivity contribution in [2.75, 3.05) is 0 Å². The van der Waals surface area contributed by atoms with Gasteiger partial charge in [0.1, 0.15) is 11.5 Å². The fraction of sp³-hybridized carbons (Fsp3) is 0.176. The molecule has 0 aliphatic carbocycles. The zero-order valence-electron chi connectivity index (χ0n) is 23.1. The van der Waals surface area contributed by atoms with Crippen LogP contribution < -0.4 is 9.47 Å². The van der Waals surface area contributed by atoms with E-state index in [2.05, 4.69) is 12.1 Å². The van der Waals surface area contributed by atoms with Gasteiger partial charge in [-0.25, -0.2) is 0 Å². The Balaban J connectivity index is 1.65. The molecule has 0 aromatic heterocycles. The van der Waals surface area contributed by atoms with Crippen LogP contribution in [0.15, 0.2) is 95.5 Å². The fourth-order valence-corrected chi connectivity index (χ4v) is 6.01. The first-order chi connectivity index (χ1) is 20.8. The largest absolute Gasteiger partial charge is 0.457 e. The maximum atomic E-state index is 13.4. The van der Waals surface area contributed by atoms with Gasteiger partial charge in [0, 0.05) is 11.1 Å². The van der Waals surface area contributed by atoms with Gasteiger partial charge in [-0.15, -0.1) is 0 Å². The predicted molar refractivity (Wildman–Crippen MR) is 148 cm³/mol. The van der Waals surface area contributed by atoms with Gasteiger partial charge in [-0.3, -0.25) is 0 Å². The van der Waals surface area contributed by atoms with Crippen molar-refractivity contribution in [2.45, 2.75) is 38.0 Å². The highest BCUT2D eigenvalue weighted by Crippen LogP contribution is 2.57. The Morgan fingerprint density at radius 2 is 0.909 bits per heavy atom. The highest BCUT2D eigenvalue weighted by molar-refractivity contribution is 5.97. The third kappa shape index (κ3) is 4.55. The molecular formula is C34H20F6N2O2. The second kappa shape index (κ2) is 10.2. The highest BCUT2D eigenvalue weighted by Gasteiger charge is 2.41. The lowest BCUT2D eigenvalue weighted by Gasteiger charge is -2.35. The molecular weight excluding hydrogens is 582 g/mol. The summed E-state index contributed by atoms with van der Waals surface area (Å²) in [6.45, 7) is 3.14. The van der Waals surface area contributed by atoms with Gasteiger partial charge in [0.25, 0.3) is 0 Å². The van der Waals surface area contributed by atoms with Crippen LogP contribution >= 0.6 is 0 Å². The summed E-state index contributed by atoms with van der Waals surface area (Å²) >= 11 is 0. The summed E-state index contributed by atoms with van der Waals surface area (Å²) < 4.78 is 92.7. The molecule has 4 aromatic rings. The summed E-state index contributed by atoms with van der Waals surface area (Å²) in [5.41, 5.74) is 0.532. The number of hydrogen-bond donors (Lipinski definition) is 0. The smallest absolute Gasteiger partial charge is 0.416 e. The van der Waals surface area contributed by atoms with Crippen molar-refractivity contribution in [1.82, 2.24) is 0 Å². The zero-order chi connectivity index (χ0) is 31.6. The maximum absolute atomic E-state index is 13.4. The minimum Gasteiger partial charge on any atom is -0.457 e. The van der Waals surface area contributed by atoms with Crippen LogP contribution in [0.2, 0.25) is 0 Å². The van der Waals surface area contributed by atoms with Crippen molar-refractivity contribution in [3.63, 3.8) is 0 Å². The Kier molecular flexibility index (Phi) is 6.70. The van der Waals surface area contributed by atoms with Gasteiger partial charge >= 0.3 is 12.4 Å². The molecule has 0 N–H and O–H groups in total. The molecule has 2 aliphatic heterocycles. The third-order valence-corrected chi connectivity index (χ3v) is 8.01. The van der Waals surface area contributed by atoms with Crippen molar-refractivity contribution in [2.24, 2.45) is 0 Å². The van der Waals surface area contributed by atoms with E-state index >= 15 is 0 Å². The molecule has 2 atom stereocenters. The molecule has 0 saturated heterocycles. The molecule has 44 heavy (non-hydrogen) atoms. The molecule has 10 heteroatoms. The number of allylic oxidation sites excluding steroid dienone is 4. The lowest BCUT2D eigenvalue weighted by Crippen LogP contribution is -2.21. The van der Waals surface area contributed by atoms with E-state index in [0.717, 1.165) is 24.3 Å². The van der Waals surface area contributed by atoms with Crippen LogP contribution in [0.25, 0.3) is 10.8 Å². The van der Waals surface area contributed by atoms with Gasteiger partial charge in [0.05, 0.1) is 46.2 Å². The molecule has 4 nitrogen and oxygen atoms in total. The number of alkyl halides is 6. The number of nitriles is 2. The Labute approximate surface area is 247 Å². The molecule has 6 rings (SSSR count). The second-order valence-electron chi connectivity index (χ2n) is 10.5. The van der Waals surface area contributed by atoms with E-state index in [4.69, 9.17) is 9.47 Å². The van der Waals surface area contributed by atoms with E-state index in [1.54, 1.807) is 38.1 Å². The van der Waals surface area contributed by atoms with Crippen molar-refractivity contribution in [1.29, 1.82) is 10.5 Å². The van der Waals surface area contributed by atoms with E-state index < -0.39 is 35.3 Å². The SMILES string of the molecule is CC1=C(C#N)C(c2ccc(C(F)(F)F)cc2)c2c(c3c(c4ccccc24)C(c2ccc(C(F)(F)F)cc2)C(C#N)=C(C)O3)O1. The molecule has 0 radical (unpaired) electrons. The summed E-state index contributed by atoms with van der Waals surface area (Å²) in [5.74, 6) is -0.789. The third-order valence-electron chi connectivity index (χ3n) is 8.01. The number of benzene rings is 4. The lowest BCUT2D eigenvalue weighted by atomic mass is 9.75. The first kappa shape index (κ1) is 28.9. The van der Waals surface area contributed by atoms with E-state index in [1.165, 1.54) is 24.3 Å². The van der Waals surface area contributed by atoms with Crippen molar-refractivity contribution in [3.05, 3.63) is 129 Å². The lowest BCUT2D eigenvalue weighted by molar-refractivity contribution is -0.138. The maximum Gasteiger partial charge on any atom is 0.416 e. The van der Waals surface area contributed by atoms with Crippen LogP contribution in [0.5, 0.6) is 11.5 Å². The molecule has 0 saturated carbocycles. The minimum absolute atomic E-state index is 0.197. The van der Waals surface area contributed by atoms with Gasteiger partial charge in [-0.2, -0.15) is 36.9 Å². The molecule has 0 spiro atoms. The van der Waals surface area contributed by atoms with Crippen molar-refractivity contribution < 1.29 is 35.8 Å². The Morgan fingerprint density at radius 1 is 0.568 bits per heavy atom. The molecule has 0 amide bonds. The molecule has 2 aliphatic rings. The van der Waals surface area contributed by atoms with Gasteiger partial charge in [0.15, 0.2) is 11.5 Å². The summed E-state index contributed by atoms with van der Waals surface area (Å²) in [4.78, 5) is 0. The molecule has 2 heterocycles. The quantitative estimate of drug-likeness (QED) is 0.214. The summed E-state index contributed by atoms with van der Waals surface area (Å²) in [6, 6.07) is 20.5. The minimum atomic E-state index is -4.55. The van der Waals surface area contributed by atoms with E-state index in [9.17, 15) is 36.9 Å². The number of fused-ring (bicyclic) bond motifs is 6. The normalized spacial score (nSPS) is 18.1. The van der Waals surface area contributed by atoms with Crippen molar-refractivity contribution >= 4 is 10.8 Å².